The van der Waals surface area contributed by atoms with Crippen molar-refractivity contribution in [2.45, 2.75) is 44.6 Å². The average Bonchev–Trinajstić information content (AvgIpc) is 3.04. The summed E-state index contributed by atoms with van der Waals surface area (Å²) in [6.07, 6.45) is 4.37. The minimum atomic E-state index is -1.27. The number of hydrogen-bond acceptors (Lipinski definition) is 5. The van der Waals surface area contributed by atoms with Gasteiger partial charge in [0, 0.05) is 38.3 Å². The second kappa shape index (κ2) is 9.13. The van der Waals surface area contributed by atoms with Crippen molar-refractivity contribution in [3.63, 3.8) is 0 Å². The van der Waals surface area contributed by atoms with E-state index >= 15 is 0 Å². The molecule has 0 aliphatic carbocycles. The summed E-state index contributed by atoms with van der Waals surface area (Å²) in [4.78, 5) is 58.9. The normalized spacial score (nSPS) is 23.1. The molecule has 3 heterocycles. The van der Waals surface area contributed by atoms with Crippen LogP contribution in [0.1, 0.15) is 42.4 Å². The molecule has 8 heteroatoms. The molecular weight excluding hydrogens is 420 g/mol. The number of primary amides is 1. The van der Waals surface area contributed by atoms with Crippen molar-refractivity contribution in [2.24, 2.45) is 11.7 Å². The Bertz CT molecular complexity index is 1090. The molecule has 2 aliphatic heterocycles. The van der Waals surface area contributed by atoms with Crippen LogP contribution in [0.4, 0.5) is 0 Å². The summed E-state index contributed by atoms with van der Waals surface area (Å²) < 4.78 is 0. The number of pyridine rings is 1. The lowest BCUT2D eigenvalue weighted by molar-refractivity contribution is -0.144. The Morgan fingerprint density at radius 3 is 2.58 bits per heavy atom. The highest BCUT2D eigenvalue weighted by atomic mass is 16.2. The highest BCUT2D eigenvalue weighted by Crippen LogP contribution is 2.42. The van der Waals surface area contributed by atoms with Gasteiger partial charge in [0.1, 0.15) is 0 Å². The van der Waals surface area contributed by atoms with E-state index in [0.717, 1.165) is 11.1 Å². The van der Waals surface area contributed by atoms with Gasteiger partial charge in [-0.15, -0.1) is 0 Å². The molecule has 2 aliphatic rings. The molecule has 2 aromatic rings. The molecule has 0 radical (unpaired) electrons. The van der Waals surface area contributed by atoms with Crippen LogP contribution >= 0.6 is 0 Å². The van der Waals surface area contributed by atoms with Gasteiger partial charge >= 0.3 is 0 Å². The number of imide groups is 1. The van der Waals surface area contributed by atoms with Crippen LogP contribution < -0.4 is 5.73 Å². The average molecular weight is 449 g/mol. The van der Waals surface area contributed by atoms with Crippen LogP contribution in [0.25, 0.3) is 0 Å². The highest BCUT2D eigenvalue weighted by molar-refractivity contribution is 6.10. The van der Waals surface area contributed by atoms with Gasteiger partial charge in [0.25, 0.3) is 0 Å². The first kappa shape index (κ1) is 22.6. The van der Waals surface area contributed by atoms with Gasteiger partial charge in [-0.1, -0.05) is 24.3 Å². The van der Waals surface area contributed by atoms with Gasteiger partial charge in [-0.3, -0.25) is 29.1 Å². The maximum absolute atomic E-state index is 13.8. The molecule has 2 fully saturated rings. The summed E-state index contributed by atoms with van der Waals surface area (Å²) in [7, 11) is 0. The summed E-state index contributed by atoms with van der Waals surface area (Å²) >= 11 is 0. The Balaban J connectivity index is 1.66. The molecule has 0 spiro atoms. The second-order valence-corrected chi connectivity index (χ2v) is 8.97. The molecule has 1 aromatic carbocycles. The number of aromatic nitrogens is 1. The number of carbonyl (C=O) groups excluding carboxylic acids is 4. The van der Waals surface area contributed by atoms with Gasteiger partial charge in [-0.05, 0) is 48.6 Å². The molecule has 8 nitrogen and oxygen atoms in total. The van der Waals surface area contributed by atoms with Crippen molar-refractivity contribution < 1.29 is 19.2 Å². The molecule has 4 rings (SSSR count). The topological polar surface area (TPSA) is 114 Å². The number of nitrogens with two attached hydrogens (primary N) is 1. The summed E-state index contributed by atoms with van der Waals surface area (Å²) in [6.45, 7) is 2.78. The highest BCUT2D eigenvalue weighted by Gasteiger charge is 2.54. The van der Waals surface area contributed by atoms with E-state index in [1.807, 2.05) is 31.2 Å². The number of rotatable bonds is 6. The van der Waals surface area contributed by atoms with E-state index in [0.29, 0.717) is 24.9 Å². The van der Waals surface area contributed by atoms with Gasteiger partial charge in [0.05, 0.1) is 17.9 Å². The van der Waals surface area contributed by atoms with Crippen molar-refractivity contribution in [1.29, 1.82) is 0 Å². The van der Waals surface area contributed by atoms with Crippen LogP contribution in [-0.4, -0.2) is 51.5 Å². The molecule has 1 aromatic heterocycles. The van der Waals surface area contributed by atoms with E-state index in [9.17, 15) is 19.2 Å². The van der Waals surface area contributed by atoms with Crippen LogP contribution in [0.15, 0.2) is 48.8 Å². The lowest BCUT2D eigenvalue weighted by Crippen LogP contribution is -2.48. The maximum atomic E-state index is 13.8. The van der Waals surface area contributed by atoms with Gasteiger partial charge in [-0.25, -0.2) is 0 Å². The van der Waals surface area contributed by atoms with Crippen molar-refractivity contribution in [3.05, 3.63) is 65.5 Å². The van der Waals surface area contributed by atoms with E-state index in [2.05, 4.69) is 4.98 Å². The lowest BCUT2D eigenvalue weighted by Gasteiger charge is -2.35. The van der Waals surface area contributed by atoms with Crippen molar-refractivity contribution >= 4 is 23.6 Å². The summed E-state index contributed by atoms with van der Waals surface area (Å²) in [5.74, 6) is -1.72. The number of piperidine rings is 1. The van der Waals surface area contributed by atoms with Crippen LogP contribution in [0.5, 0.6) is 0 Å². The number of carbonyl (C=O) groups is 4. The quantitative estimate of drug-likeness (QED) is 0.676. The standard InChI is InChI=1S/C25H28N4O4/c1-17-5-2-3-7-20(17)25(13-21(30)28-12-4-6-19(16-28)23(26)32)14-22(31)29(24(25)33)15-18-8-10-27-11-9-18/h2-3,5,7-11,19H,4,6,12-16H2,1H3,(H2,26,32). The third kappa shape index (κ3) is 4.37. The number of likely N-dealkylation sites (tertiary alicyclic amines) is 2. The predicted octanol–water partition coefficient (Wildman–Crippen LogP) is 1.70. The second-order valence-electron chi connectivity index (χ2n) is 8.97. The van der Waals surface area contributed by atoms with Crippen molar-refractivity contribution in [2.75, 3.05) is 13.1 Å². The molecule has 2 N–H and O–H groups in total. The SMILES string of the molecule is Cc1ccccc1C1(CC(=O)N2CCCC(C(N)=O)C2)CC(=O)N(Cc2ccncc2)C1=O. The summed E-state index contributed by atoms with van der Waals surface area (Å²) in [6, 6.07) is 10.9. The largest absolute Gasteiger partial charge is 0.369 e. The Morgan fingerprint density at radius 1 is 1.15 bits per heavy atom. The number of aryl methyl sites for hydroxylation is 1. The van der Waals surface area contributed by atoms with Crippen LogP contribution in [0, 0.1) is 12.8 Å². The molecular formula is C25H28N4O4. The molecule has 2 saturated heterocycles. The zero-order valence-corrected chi connectivity index (χ0v) is 18.7. The molecule has 0 saturated carbocycles. The molecule has 4 amide bonds. The Kier molecular flexibility index (Phi) is 6.26. The third-order valence-electron chi connectivity index (χ3n) is 6.79. The van der Waals surface area contributed by atoms with Gasteiger partial charge < -0.3 is 10.6 Å². The number of amides is 4. The smallest absolute Gasteiger partial charge is 0.241 e. The van der Waals surface area contributed by atoms with Gasteiger partial charge in [0.15, 0.2) is 0 Å². The fraction of sp³-hybridized carbons (Fsp3) is 0.400. The minimum absolute atomic E-state index is 0.0689. The summed E-state index contributed by atoms with van der Waals surface area (Å²) in [5.41, 5.74) is 6.54. The van der Waals surface area contributed by atoms with Crippen LogP contribution in [0.3, 0.4) is 0 Å². The molecule has 0 bridgehead atoms. The first-order chi connectivity index (χ1) is 15.8. The van der Waals surface area contributed by atoms with E-state index in [1.165, 1.54) is 4.90 Å². The minimum Gasteiger partial charge on any atom is -0.369 e. The van der Waals surface area contributed by atoms with E-state index < -0.39 is 11.3 Å². The van der Waals surface area contributed by atoms with Crippen LogP contribution in [-0.2, 0) is 31.1 Å². The molecule has 33 heavy (non-hydrogen) atoms. The van der Waals surface area contributed by atoms with E-state index in [1.54, 1.807) is 29.4 Å². The van der Waals surface area contributed by atoms with Crippen molar-refractivity contribution in [3.8, 4) is 0 Å². The lowest BCUT2D eigenvalue weighted by atomic mass is 9.73. The zero-order chi connectivity index (χ0) is 23.6. The fourth-order valence-corrected chi connectivity index (χ4v) is 4.99. The van der Waals surface area contributed by atoms with E-state index in [4.69, 9.17) is 5.73 Å². The Hall–Kier alpha value is -3.55. The van der Waals surface area contributed by atoms with Gasteiger partial charge in [-0.2, -0.15) is 0 Å². The summed E-state index contributed by atoms with van der Waals surface area (Å²) in [5, 5.41) is 0. The van der Waals surface area contributed by atoms with Crippen LogP contribution in [0.2, 0.25) is 0 Å². The molecule has 172 valence electrons. The van der Waals surface area contributed by atoms with Crippen molar-refractivity contribution in [1.82, 2.24) is 14.8 Å². The molecule has 2 atom stereocenters. The molecule has 2 unspecified atom stereocenters. The van der Waals surface area contributed by atoms with E-state index in [-0.39, 0.29) is 49.6 Å². The Morgan fingerprint density at radius 2 is 1.88 bits per heavy atom. The number of benzene rings is 1. The first-order valence-electron chi connectivity index (χ1n) is 11.2. The number of nitrogens with zero attached hydrogens (tertiary/aromatic N) is 3. The number of hydrogen-bond donors (Lipinski definition) is 1. The maximum Gasteiger partial charge on any atom is 0.241 e. The van der Waals surface area contributed by atoms with Gasteiger partial charge in [0.2, 0.25) is 23.6 Å². The Labute approximate surface area is 192 Å². The predicted molar refractivity (Wildman–Crippen MR) is 120 cm³/mol. The zero-order valence-electron chi connectivity index (χ0n) is 18.7. The monoisotopic (exact) mass is 448 g/mol. The fourth-order valence-electron chi connectivity index (χ4n) is 4.99. The first-order valence-corrected chi connectivity index (χ1v) is 11.2. The third-order valence-corrected chi connectivity index (χ3v) is 6.79.